The van der Waals surface area contributed by atoms with Crippen molar-refractivity contribution in [3.05, 3.63) is 29.8 Å². The van der Waals surface area contributed by atoms with Crippen LogP contribution in [0, 0.1) is 0 Å². The van der Waals surface area contributed by atoms with Crippen molar-refractivity contribution in [3.8, 4) is 5.75 Å². The van der Waals surface area contributed by atoms with E-state index in [-0.39, 0.29) is 0 Å². The van der Waals surface area contributed by atoms with E-state index < -0.39 is 0 Å². The van der Waals surface area contributed by atoms with Gasteiger partial charge in [-0.25, -0.2) is 0 Å². The number of hydrogen-bond donors (Lipinski definition) is 0. The SMILES string of the molecule is [11CH3]Oc1ccccc1C=O. The lowest BCUT2D eigenvalue weighted by Crippen LogP contribution is -1.88. The fourth-order valence-corrected chi connectivity index (χ4v) is 0.764. The molecule has 52 valence electrons. The van der Waals surface area contributed by atoms with Crippen molar-refractivity contribution in [1.29, 1.82) is 0 Å². The zero-order valence-electron chi connectivity index (χ0n) is 5.70. The quantitative estimate of drug-likeness (QED) is 0.574. The molecule has 1 rings (SSSR count). The van der Waals surface area contributed by atoms with Crippen LogP contribution in [0.2, 0.25) is 0 Å². The highest BCUT2D eigenvalue weighted by molar-refractivity contribution is 5.79. The summed E-state index contributed by atoms with van der Waals surface area (Å²) in [4.78, 5) is 10.3. The molecule has 0 aliphatic carbocycles. The summed E-state index contributed by atoms with van der Waals surface area (Å²) in [5, 5.41) is 0. The van der Waals surface area contributed by atoms with Crippen LogP contribution < -0.4 is 4.74 Å². The fraction of sp³-hybridized carbons (Fsp3) is 0.125. The van der Waals surface area contributed by atoms with Crippen LogP contribution in [0.5, 0.6) is 5.75 Å². The number of ether oxygens (including phenoxy) is 1. The molecule has 0 spiro atoms. The number of hydrogen-bond acceptors (Lipinski definition) is 2. The second-order valence-corrected chi connectivity index (χ2v) is 1.86. The van der Waals surface area contributed by atoms with E-state index in [9.17, 15) is 4.79 Å². The Balaban J connectivity index is 3.08. The first-order chi connectivity index (χ1) is 4.88. The van der Waals surface area contributed by atoms with Crippen molar-refractivity contribution in [2.45, 2.75) is 0 Å². The molecule has 0 bridgehead atoms. The van der Waals surface area contributed by atoms with E-state index in [0.717, 1.165) is 6.29 Å². The molecule has 0 unspecified atom stereocenters. The van der Waals surface area contributed by atoms with Gasteiger partial charge in [-0.15, -0.1) is 0 Å². The Morgan fingerprint density at radius 3 is 2.60 bits per heavy atom. The number of benzene rings is 1. The van der Waals surface area contributed by atoms with Gasteiger partial charge in [0.1, 0.15) is 5.75 Å². The van der Waals surface area contributed by atoms with Crippen LogP contribution in [0.4, 0.5) is 0 Å². The molecule has 0 heterocycles. The van der Waals surface area contributed by atoms with Gasteiger partial charge in [0, 0.05) is 0 Å². The molecule has 0 fully saturated rings. The second-order valence-electron chi connectivity index (χ2n) is 1.86. The van der Waals surface area contributed by atoms with Gasteiger partial charge in [-0.3, -0.25) is 4.79 Å². The largest absolute Gasteiger partial charge is 0.496 e. The van der Waals surface area contributed by atoms with E-state index in [2.05, 4.69) is 0 Å². The molecule has 0 N–H and O–H groups in total. The lowest BCUT2D eigenvalue weighted by molar-refractivity contribution is 0.112. The van der Waals surface area contributed by atoms with E-state index in [1.54, 1.807) is 25.3 Å². The topological polar surface area (TPSA) is 26.3 Å². The van der Waals surface area contributed by atoms with Gasteiger partial charge in [0.05, 0.1) is 12.7 Å². The van der Waals surface area contributed by atoms with E-state index in [1.807, 2.05) is 6.07 Å². The van der Waals surface area contributed by atoms with Gasteiger partial charge in [0.15, 0.2) is 6.29 Å². The third-order valence-corrected chi connectivity index (χ3v) is 1.27. The van der Waals surface area contributed by atoms with Gasteiger partial charge < -0.3 is 4.74 Å². The Labute approximate surface area is 59.4 Å². The van der Waals surface area contributed by atoms with E-state index in [0.29, 0.717) is 11.3 Å². The molecule has 1 aromatic carbocycles. The molecule has 0 aliphatic rings. The summed E-state index contributed by atoms with van der Waals surface area (Å²) in [6.07, 6.45) is 0.777. The van der Waals surface area contributed by atoms with Crippen LogP contribution in [0.3, 0.4) is 0 Å². The standard InChI is InChI=1S/C8H8O2/c1-10-8-5-3-2-4-7(8)6-9/h2-6H,1H3/i1-1. The van der Waals surface area contributed by atoms with Gasteiger partial charge >= 0.3 is 0 Å². The van der Waals surface area contributed by atoms with Crippen molar-refractivity contribution in [2.75, 3.05) is 7.11 Å². The van der Waals surface area contributed by atoms with Gasteiger partial charge in [-0.05, 0) is 12.1 Å². The number of aldehydes is 1. The van der Waals surface area contributed by atoms with Crippen molar-refractivity contribution in [3.63, 3.8) is 0 Å². The minimum absolute atomic E-state index is 0.588. The lowest BCUT2D eigenvalue weighted by atomic mass is 10.2. The summed E-state index contributed by atoms with van der Waals surface area (Å²) in [6, 6.07) is 7.09. The van der Waals surface area contributed by atoms with Crippen LogP contribution in [0.1, 0.15) is 10.4 Å². The smallest absolute Gasteiger partial charge is 0.153 e. The molecule has 0 atom stereocenters. The second kappa shape index (κ2) is 3.01. The summed E-state index contributed by atoms with van der Waals surface area (Å²) in [7, 11) is 1.54. The van der Waals surface area contributed by atoms with Crippen molar-refractivity contribution in [1.82, 2.24) is 0 Å². The van der Waals surface area contributed by atoms with Crippen LogP contribution in [-0.4, -0.2) is 13.4 Å². The molecule has 2 heteroatoms. The molecule has 0 saturated heterocycles. The van der Waals surface area contributed by atoms with Gasteiger partial charge in [-0.2, -0.15) is 0 Å². The number of methoxy groups -OCH3 is 1. The Morgan fingerprint density at radius 2 is 2.10 bits per heavy atom. The molecule has 0 radical (unpaired) electrons. The van der Waals surface area contributed by atoms with E-state index in [4.69, 9.17) is 4.74 Å². The molecule has 0 aliphatic heterocycles. The highest BCUT2D eigenvalue weighted by atomic mass is 16.4. The average Bonchev–Trinajstić information content (AvgIpc) is 2.04. The number of para-hydroxylation sites is 1. The Morgan fingerprint density at radius 1 is 1.40 bits per heavy atom. The molecular formula is C8H8O2. The van der Waals surface area contributed by atoms with E-state index in [1.165, 1.54) is 0 Å². The molecule has 2 nitrogen and oxygen atoms in total. The molecule has 0 amide bonds. The van der Waals surface area contributed by atoms with Crippen LogP contribution in [-0.2, 0) is 0 Å². The average molecular weight is 135 g/mol. The Kier molecular flexibility index (Phi) is 2.05. The summed E-state index contributed by atoms with van der Waals surface area (Å²) in [5.74, 6) is 0.623. The maximum atomic E-state index is 10.3. The monoisotopic (exact) mass is 135 g/mol. The summed E-state index contributed by atoms with van der Waals surface area (Å²) >= 11 is 0. The predicted octanol–water partition coefficient (Wildman–Crippen LogP) is 1.51. The molecule has 0 saturated carbocycles. The zero-order chi connectivity index (χ0) is 7.40. The highest BCUT2D eigenvalue weighted by Gasteiger charge is 1.96. The van der Waals surface area contributed by atoms with Crippen LogP contribution in [0.25, 0.3) is 0 Å². The number of carbonyl (C=O) groups excluding carboxylic acids is 1. The van der Waals surface area contributed by atoms with Crippen LogP contribution in [0.15, 0.2) is 24.3 Å². The molecule has 10 heavy (non-hydrogen) atoms. The lowest BCUT2D eigenvalue weighted by Gasteiger charge is -1.99. The van der Waals surface area contributed by atoms with E-state index >= 15 is 0 Å². The normalized spacial score (nSPS) is 8.90. The molecule has 0 aromatic heterocycles. The first kappa shape index (κ1) is 6.81. The fourth-order valence-electron chi connectivity index (χ4n) is 0.764. The first-order valence-corrected chi connectivity index (χ1v) is 2.96. The molecular weight excluding hydrogens is 127 g/mol. The third kappa shape index (κ3) is 1.16. The summed E-state index contributed by atoms with van der Waals surface area (Å²) in [6.45, 7) is 0. The predicted molar refractivity (Wildman–Crippen MR) is 38.4 cm³/mol. The van der Waals surface area contributed by atoms with Crippen molar-refractivity contribution >= 4 is 6.29 Å². The minimum Gasteiger partial charge on any atom is -0.496 e. The molecule has 1 aromatic rings. The van der Waals surface area contributed by atoms with Crippen LogP contribution >= 0.6 is 0 Å². The first-order valence-electron chi connectivity index (χ1n) is 2.96. The zero-order valence-corrected chi connectivity index (χ0v) is 5.70. The summed E-state index contributed by atoms with van der Waals surface area (Å²) in [5.41, 5.74) is 0.588. The van der Waals surface area contributed by atoms with Crippen molar-refractivity contribution < 1.29 is 9.53 Å². The summed E-state index contributed by atoms with van der Waals surface area (Å²) < 4.78 is 4.90. The third-order valence-electron chi connectivity index (χ3n) is 1.27. The van der Waals surface area contributed by atoms with Gasteiger partial charge in [0.25, 0.3) is 0 Å². The minimum atomic E-state index is 0.588. The number of rotatable bonds is 2. The van der Waals surface area contributed by atoms with Gasteiger partial charge in [-0.1, -0.05) is 12.1 Å². The highest BCUT2D eigenvalue weighted by Crippen LogP contribution is 2.13. The maximum absolute atomic E-state index is 10.3. The maximum Gasteiger partial charge on any atom is 0.153 e. The van der Waals surface area contributed by atoms with Gasteiger partial charge in [0.2, 0.25) is 0 Å². The Hall–Kier alpha value is -1.31. The van der Waals surface area contributed by atoms with Crippen molar-refractivity contribution in [2.24, 2.45) is 0 Å². The Bertz CT molecular complexity index is 230. The number of carbonyl (C=O) groups is 1.